The van der Waals surface area contributed by atoms with Crippen LogP contribution in [0.3, 0.4) is 0 Å². The summed E-state index contributed by atoms with van der Waals surface area (Å²) < 4.78 is 0. The first kappa shape index (κ1) is 17.3. The van der Waals surface area contributed by atoms with Crippen LogP contribution in [0.4, 0.5) is 5.69 Å². The summed E-state index contributed by atoms with van der Waals surface area (Å²) in [5.41, 5.74) is 2.06. The molecule has 0 aliphatic carbocycles. The molecule has 3 heteroatoms. The molecule has 0 spiro atoms. The van der Waals surface area contributed by atoms with Crippen molar-refractivity contribution >= 4 is 17.7 Å². The van der Waals surface area contributed by atoms with Crippen LogP contribution in [0.1, 0.15) is 31.7 Å². The molecule has 0 aliphatic heterocycles. The zero-order chi connectivity index (χ0) is 14.0. The monoisotopic (exact) mass is 322 g/mol. The molecule has 0 saturated carbocycles. The first-order chi connectivity index (χ1) is 9.88. The Morgan fingerprint density at radius 2 is 1.57 bits per heavy atom. The van der Waals surface area contributed by atoms with E-state index < -0.39 is 0 Å². The molecule has 0 radical (unpaired) electrons. The van der Waals surface area contributed by atoms with E-state index in [1.807, 2.05) is 66.9 Å². The molecule has 0 saturated heterocycles. The van der Waals surface area contributed by atoms with Gasteiger partial charge in [0.1, 0.15) is 5.84 Å². The third-order valence-electron chi connectivity index (χ3n) is 2.93. The summed E-state index contributed by atoms with van der Waals surface area (Å²) in [5.74, 6) is 0.891. The molecular formula is C18H20N2Ni. The third-order valence-corrected chi connectivity index (χ3v) is 2.93. The average molecular weight is 323 g/mol. The van der Waals surface area contributed by atoms with E-state index in [0.29, 0.717) is 0 Å². The van der Waals surface area contributed by atoms with Crippen molar-refractivity contribution in [3.05, 3.63) is 66.2 Å². The minimum atomic E-state index is 0. The van der Waals surface area contributed by atoms with Gasteiger partial charge in [-0.1, -0.05) is 61.9 Å². The first-order valence-electron chi connectivity index (χ1n) is 7.10. The number of rotatable bonds is 5. The molecule has 0 aliphatic rings. The number of benzene rings is 2. The largest absolute Gasteiger partial charge is 0.241 e. The Labute approximate surface area is 137 Å². The van der Waals surface area contributed by atoms with Gasteiger partial charge >= 0.3 is 0 Å². The van der Waals surface area contributed by atoms with Crippen LogP contribution in [0.5, 0.6) is 0 Å². The fourth-order valence-corrected chi connectivity index (χ4v) is 1.82. The molecular weight excluding hydrogens is 303 g/mol. The van der Waals surface area contributed by atoms with Gasteiger partial charge in [-0.05, 0) is 24.1 Å². The van der Waals surface area contributed by atoms with Gasteiger partial charge in [-0.25, -0.2) is 9.98 Å². The van der Waals surface area contributed by atoms with Crippen molar-refractivity contribution in [1.29, 1.82) is 0 Å². The molecule has 0 unspecified atom stereocenters. The SMILES string of the molecule is CCCCC(N=Cc1ccccc1)=Nc1ccccc1.[Ni]. The van der Waals surface area contributed by atoms with E-state index in [1.54, 1.807) is 0 Å². The second-order valence-corrected chi connectivity index (χ2v) is 4.64. The van der Waals surface area contributed by atoms with Crippen molar-refractivity contribution in [3.63, 3.8) is 0 Å². The standard InChI is InChI=1S/C18H20N2.Ni/c1-2-3-14-18(20-17-12-8-5-9-13-17)19-15-16-10-6-4-7-11-16;/h4-13,15H,2-3,14H2,1H3;. The van der Waals surface area contributed by atoms with Gasteiger partial charge in [0.05, 0.1) is 5.69 Å². The predicted octanol–water partition coefficient (Wildman–Crippen LogP) is 5.02. The quantitative estimate of drug-likeness (QED) is 0.419. The van der Waals surface area contributed by atoms with Crippen LogP contribution >= 0.6 is 0 Å². The molecule has 112 valence electrons. The fourth-order valence-electron chi connectivity index (χ4n) is 1.82. The minimum absolute atomic E-state index is 0. The molecule has 2 rings (SSSR count). The number of nitrogens with zero attached hydrogens (tertiary/aromatic N) is 2. The van der Waals surface area contributed by atoms with Crippen LogP contribution < -0.4 is 0 Å². The van der Waals surface area contributed by atoms with Gasteiger partial charge in [0.2, 0.25) is 0 Å². The number of hydrogen-bond donors (Lipinski definition) is 0. The summed E-state index contributed by atoms with van der Waals surface area (Å²) in [6, 6.07) is 20.1. The van der Waals surface area contributed by atoms with Crippen molar-refractivity contribution in [2.75, 3.05) is 0 Å². The number of unbranched alkanes of at least 4 members (excludes halogenated alkanes) is 1. The summed E-state index contributed by atoms with van der Waals surface area (Å²) in [4.78, 5) is 9.18. The van der Waals surface area contributed by atoms with Crippen LogP contribution in [0.2, 0.25) is 0 Å². The molecule has 21 heavy (non-hydrogen) atoms. The molecule has 2 aromatic carbocycles. The molecule has 0 N–H and O–H groups in total. The van der Waals surface area contributed by atoms with Crippen LogP contribution in [0.15, 0.2) is 70.6 Å². The predicted molar refractivity (Wildman–Crippen MR) is 87.1 cm³/mol. The molecule has 0 aromatic heterocycles. The Hall–Kier alpha value is -1.73. The Kier molecular flexibility index (Phi) is 8.30. The van der Waals surface area contributed by atoms with Gasteiger partial charge < -0.3 is 0 Å². The summed E-state index contributed by atoms with van der Waals surface area (Å²) >= 11 is 0. The Morgan fingerprint density at radius 1 is 0.952 bits per heavy atom. The molecule has 0 bridgehead atoms. The van der Waals surface area contributed by atoms with Gasteiger partial charge in [-0.3, -0.25) is 0 Å². The summed E-state index contributed by atoms with van der Waals surface area (Å²) in [6.45, 7) is 2.18. The van der Waals surface area contributed by atoms with Crippen molar-refractivity contribution in [2.24, 2.45) is 9.98 Å². The molecule has 0 heterocycles. The van der Waals surface area contributed by atoms with Gasteiger partial charge in [-0.15, -0.1) is 0 Å². The van der Waals surface area contributed by atoms with Gasteiger partial charge in [0.15, 0.2) is 0 Å². The fraction of sp³-hybridized carbons (Fsp3) is 0.222. The van der Waals surface area contributed by atoms with Crippen LogP contribution in [0, 0.1) is 0 Å². The smallest absolute Gasteiger partial charge is 0.128 e. The summed E-state index contributed by atoms with van der Waals surface area (Å²) in [5, 5.41) is 0. The molecule has 2 aromatic rings. The van der Waals surface area contributed by atoms with E-state index >= 15 is 0 Å². The van der Waals surface area contributed by atoms with Gasteiger partial charge in [0, 0.05) is 29.1 Å². The maximum absolute atomic E-state index is 4.63. The van der Waals surface area contributed by atoms with Crippen LogP contribution in [0.25, 0.3) is 0 Å². The number of para-hydroxylation sites is 1. The van der Waals surface area contributed by atoms with Crippen molar-refractivity contribution in [2.45, 2.75) is 26.2 Å². The van der Waals surface area contributed by atoms with Crippen LogP contribution in [-0.2, 0) is 16.5 Å². The Balaban J connectivity index is 0.00000220. The zero-order valence-electron chi connectivity index (χ0n) is 12.2. The van der Waals surface area contributed by atoms with E-state index in [1.165, 1.54) is 0 Å². The van der Waals surface area contributed by atoms with E-state index in [4.69, 9.17) is 0 Å². The Bertz CT molecular complexity index is 562. The zero-order valence-corrected chi connectivity index (χ0v) is 13.2. The van der Waals surface area contributed by atoms with Crippen molar-refractivity contribution in [3.8, 4) is 0 Å². The third kappa shape index (κ3) is 6.51. The number of aliphatic imine (C=N–C) groups is 2. The van der Waals surface area contributed by atoms with Gasteiger partial charge in [-0.2, -0.15) is 0 Å². The molecule has 0 amide bonds. The summed E-state index contributed by atoms with van der Waals surface area (Å²) in [6.07, 6.45) is 5.05. The van der Waals surface area contributed by atoms with Crippen molar-refractivity contribution in [1.82, 2.24) is 0 Å². The van der Waals surface area contributed by atoms with E-state index in [-0.39, 0.29) is 16.5 Å². The molecule has 0 fully saturated rings. The van der Waals surface area contributed by atoms with Crippen LogP contribution in [-0.4, -0.2) is 12.1 Å². The van der Waals surface area contributed by atoms with E-state index in [0.717, 1.165) is 36.3 Å². The minimum Gasteiger partial charge on any atom is -0.241 e. The maximum Gasteiger partial charge on any atom is 0.128 e. The van der Waals surface area contributed by atoms with Gasteiger partial charge in [0.25, 0.3) is 0 Å². The first-order valence-corrected chi connectivity index (χ1v) is 7.10. The van der Waals surface area contributed by atoms with Crippen molar-refractivity contribution < 1.29 is 16.5 Å². The molecule has 0 atom stereocenters. The Morgan fingerprint density at radius 3 is 2.19 bits per heavy atom. The normalized spacial score (nSPS) is 11.4. The summed E-state index contributed by atoms with van der Waals surface area (Å²) in [7, 11) is 0. The maximum atomic E-state index is 4.63. The second-order valence-electron chi connectivity index (χ2n) is 4.64. The van der Waals surface area contributed by atoms with E-state index in [2.05, 4.69) is 16.9 Å². The second kappa shape index (κ2) is 10.1. The van der Waals surface area contributed by atoms with E-state index in [9.17, 15) is 0 Å². The topological polar surface area (TPSA) is 24.7 Å². The molecule has 2 nitrogen and oxygen atoms in total. The average Bonchev–Trinajstić information content (AvgIpc) is 2.52. The number of hydrogen-bond acceptors (Lipinski definition) is 1. The number of amidine groups is 1.